The zero-order chi connectivity index (χ0) is 18.4. The Morgan fingerprint density at radius 3 is 2.81 bits per heavy atom. The summed E-state index contributed by atoms with van der Waals surface area (Å²) in [6.45, 7) is 4.57. The fraction of sp³-hybridized carbons (Fsp3) is 0.500. The van der Waals surface area contributed by atoms with Gasteiger partial charge in [-0.3, -0.25) is 4.79 Å². The largest absolute Gasteiger partial charge is 0.497 e. The van der Waals surface area contributed by atoms with E-state index in [0.717, 1.165) is 38.1 Å². The summed E-state index contributed by atoms with van der Waals surface area (Å²) in [6, 6.07) is 12.4. The van der Waals surface area contributed by atoms with E-state index < -0.39 is 0 Å². The first-order valence-electron chi connectivity index (χ1n) is 9.77. The maximum atomic E-state index is 12.7. The number of methoxy groups -OCH3 is 1. The van der Waals surface area contributed by atoms with Crippen molar-refractivity contribution < 1.29 is 9.53 Å². The van der Waals surface area contributed by atoms with Crippen LogP contribution in [-0.4, -0.2) is 29.0 Å². The van der Waals surface area contributed by atoms with E-state index in [0.29, 0.717) is 12.5 Å². The van der Waals surface area contributed by atoms with Gasteiger partial charge >= 0.3 is 0 Å². The quantitative estimate of drug-likeness (QED) is 0.590. The van der Waals surface area contributed by atoms with Crippen molar-refractivity contribution in [3.63, 3.8) is 0 Å². The van der Waals surface area contributed by atoms with Crippen LogP contribution in [-0.2, 0) is 17.9 Å². The molecule has 1 heterocycles. The van der Waals surface area contributed by atoms with Gasteiger partial charge in [0.2, 0.25) is 5.91 Å². The summed E-state index contributed by atoms with van der Waals surface area (Å²) in [5.74, 6) is 1.50. The topological polar surface area (TPSA) is 34.5 Å². The lowest BCUT2D eigenvalue weighted by Crippen LogP contribution is -2.33. The predicted octanol–water partition coefficient (Wildman–Crippen LogP) is 4.47. The van der Waals surface area contributed by atoms with Gasteiger partial charge in [0.15, 0.2) is 0 Å². The third-order valence-corrected chi connectivity index (χ3v) is 5.03. The summed E-state index contributed by atoms with van der Waals surface area (Å²) in [7, 11) is 1.69. The van der Waals surface area contributed by atoms with Gasteiger partial charge in [0.25, 0.3) is 0 Å². The number of aromatic nitrogens is 1. The summed E-state index contributed by atoms with van der Waals surface area (Å²) in [4.78, 5) is 14.8. The number of carbonyl (C=O) groups is 1. The summed E-state index contributed by atoms with van der Waals surface area (Å²) in [5, 5.41) is 0. The zero-order valence-corrected chi connectivity index (χ0v) is 16.0. The summed E-state index contributed by atoms with van der Waals surface area (Å²) in [5.41, 5.74) is 2.39. The summed E-state index contributed by atoms with van der Waals surface area (Å²) >= 11 is 0. The lowest BCUT2D eigenvalue weighted by Gasteiger charge is -2.24. The Balaban J connectivity index is 1.69. The third-order valence-electron chi connectivity index (χ3n) is 5.03. The second-order valence-corrected chi connectivity index (χ2v) is 7.22. The van der Waals surface area contributed by atoms with Gasteiger partial charge in [-0.05, 0) is 49.1 Å². The van der Waals surface area contributed by atoms with Crippen molar-refractivity contribution in [3.05, 3.63) is 53.9 Å². The van der Waals surface area contributed by atoms with Crippen molar-refractivity contribution in [3.8, 4) is 5.75 Å². The van der Waals surface area contributed by atoms with Gasteiger partial charge in [-0.25, -0.2) is 0 Å². The van der Waals surface area contributed by atoms with Crippen LogP contribution < -0.4 is 4.74 Å². The second-order valence-electron chi connectivity index (χ2n) is 7.22. The number of hydrogen-bond acceptors (Lipinski definition) is 2. The molecule has 0 unspecified atom stereocenters. The average Bonchev–Trinajstić information content (AvgIpc) is 3.42. The first kappa shape index (κ1) is 18.6. The van der Waals surface area contributed by atoms with E-state index in [1.807, 2.05) is 12.1 Å². The first-order chi connectivity index (χ1) is 12.7. The maximum absolute atomic E-state index is 12.7. The van der Waals surface area contributed by atoms with Crippen molar-refractivity contribution in [2.75, 3.05) is 13.7 Å². The number of unbranched alkanes of at least 4 members (excludes halogenated alkanes) is 2. The Morgan fingerprint density at radius 2 is 2.08 bits per heavy atom. The highest BCUT2D eigenvalue weighted by Gasteiger charge is 2.33. The van der Waals surface area contributed by atoms with Crippen LogP contribution in [0, 0.1) is 5.92 Å². The van der Waals surface area contributed by atoms with Crippen molar-refractivity contribution in [1.82, 2.24) is 9.47 Å². The minimum Gasteiger partial charge on any atom is -0.497 e. The highest BCUT2D eigenvalue weighted by molar-refractivity contribution is 5.81. The molecular formula is C22H30N2O2. The van der Waals surface area contributed by atoms with Crippen LogP contribution in [0.2, 0.25) is 0 Å². The van der Waals surface area contributed by atoms with Crippen molar-refractivity contribution in [2.45, 2.75) is 52.1 Å². The number of amides is 1. The van der Waals surface area contributed by atoms with E-state index in [4.69, 9.17) is 4.74 Å². The highest BCUT2D eigenvalue weighted by atomic mass is 16.5. The Hall–Kier alpha value is -2.23. The van der Waals surface area contributed by atoms with E-state index in [9.17, 15) is 4.79 Å². The number of carbonyl (C=O) groups excluding carboxylic acids is 1. The number of nitrogens with zero attached hydrogens (tertiary/aromatic N) is 2. The number of rotatable bonds is 10. The molecule has 0 aliphatic heterocycles. The van der Waals surface area contributed by atoms with Gasteiger partial charge in [0.1, 0.15) is 5.75 Å². The van der Waals surface area contributed by atoms with E-state index in [2.05, 4.69) is 46.9 Å². The molecule has 4 heteroatoms. The smallest absolute Gasteiger partial charge is 0.226 e. The van der Waals surface area contributed by atoms with E-state index in [-0.39, 0.29) is 5.92 Å². The molecule has 0 radical (unpaired) electrons. The Labute approximate surface area is 156 Å². The summed E-state index contributed by atoms with van der Waals surface area (Å²) in [6.07, 6.45) is 7.67. The molecule has 0 atom stereocenters. The molecule has 3 rings (SSSR count). The maximum Gasteiger partial charge on any atom is 0.226 e. The molecule has 0 N–H and O–H groups in total. The molecule has 1 fully saturated rings. The van der Waals surface area contributed by atoms with Gasteiger partial charge in [0.05, 0.1) is 13.7 Å². The molecule has 1 amide bonds. The second kappa shape index (κ2) is 8.93. The molecule has 1 aliphatic carbocycles. The molecule has 26 heavy (non-hydrogen) atoms. The van der Waals surface area contributed by atoms with Crippen LogP contribution in [0.25, 0.3) is 0 Å². The number of ether oxygens (including phenoxy) is 1. The first-order valence-corrected chi connectivity index (χ1v) is 9.77. The minimum absolute atomic E-state index is 0.276. The van der Waals surface area contributed by atoms with Crippen molar-refractivity contribution >= 4 is 5.91 Å². The molecule has 0 spiro atoms. The van der Waals surface area contributed by atoms with Crippen LogP contribution in [0.15, 0.2) is 42.6 Å². The van der Waals surface area contributed by atoms with Crippen LogP contribution in [0.4, 0.5) is 0 Å². The van der Waals surface area contributed by atoms with Gasteiger partial charge in [0, 0.05) is 30.9 Å². The number of benzene rings is 1. The van der Waals surface area contributed by atoms with Gasteiger partial charge in [-0.1, -0.05) is 31.9 Å². The SMILES string of the molecule is CCCCCN(Cc1cccn1Cc1cccc(OC)c1)C(=O)C1CC1. The zero-order valence-electron chi connectivity index (χ0n) is 16.0. The molecule has 0 saturated heterocycles. The Kier molecular flexibility index (Phi) is 6.37. The van der Waals surface area contributed by atoms with Crippen LogP contribution in [0.3, 0.4) is 0 Å². The lowest BCUT2D eigenvalue weighted by atomic mass is 10.2. The summed E-state index contributed by atoms with van der Waals surface area (Å²) < 4.78 is 7.56. The Morgan fingerprint density at radius 1 is 1.23 bits per heavy atom. The molecule has 1 saturated carbocycles. The molecule has 0 bridgehead atoms. The van der Waals surface area contributed by atoms with E-state index in [1.54, 1.807) is 7.11 Å². The minimum atomic E-state index is 0.276. The number of hydrogen-bond donors (Lipinski definition) is 0. The van der Waals surface area contributed by atoms with Gasteiger partial charge < -0.3 is 14.2 Å². The highest BCUT2D eigenvalue weighted by Crippen LogP contribution is 2.31. The molecule has 4 nitrogen and oxygen atoms in total. The van der Waals surface area contributed by atoms with E-state index in [1.165, 1.54) is 24.1 Å². The third kappa shape index (κ3) is 4.90. The molecular weight excluding hydrogens is 324 g/mol. The molecule has 1 aromatic carbocycles. The normalized spacial score (nSPS) is 13.6. The Bertz CT molecular complexity index is 718. The van der Waals surface area contributed by atoms with Gasteiger partial charge in [-0.15, -0.1) is 0 Å². The molecule has 1 aliphatic rings. The fourth-order valence-electron chi connectivity index (χ4n) is 3.32. The van der Waals surface area contributed by atoms with Crippen LogP contribution in [0.5, 0.6) is 5.75 Å². The fourth-order valence-corrected chi connectivity index (χ4v) is 3.32. The monoisotopic (exact) mass is 354 g/mol. The molecule has 2 aromatic rings. The lowest BCUT2D eigenvalue weighted by molar-refractivity contribution is -0.133. The molecule has 1 aromatic heterocycles. The van der Waals surface area contributed by atoms with Crippen molar-refractivity contribution in [1.29, 1.82) is 0 Å². The van der Waals surface area contributed by atoms with E-state index >= 15 is 0 Å². The average molecular weight is 354 g/mol. The molecule has 140 valence electrons. The standard InChI is InChI=1S/C22H30N2O2/c1-3-4-5-13-24(22(25)19-11-12-19)17-20-9-7-14-23(20)16-18-8-6-10-21(15-18)26-2/h6-10,14-15,19H,3-5,11-13,16-17H2,1-2H3. The van der Waals surface area contributed by atoms with Crippen molar-refractivity contribution in [2.24, 2.45) is 5.92 Å². The van der Waals surface area contributed by atoms with Crippen LogP contribution in [0.1, 0.15) is 50.3 Å². The van der Waals surface area contributed by atoms with Crippen LogP contribution >= 0.6 is 0 Å². The van der Waals surface area contributed by atoms with Gasteiger partial charge in [-0.2, -0.15) is 0 Å². The predicted molar refractivity (Wildman–Crippen MR) is 104 cm³/mol.